The van der Waals surface area contributed by atoms with Crippen molar-refractivity contribution >= 4 is 11.6 Å². The van der Waals surface area contributed by atoms with Gasteiger partial charge in [-0.15, -0.1) is 0 Å². The maximum absolute atomic E-state index is 10.7. The van der Waals surface area contributed by atoms with E-state index in [1.165, 1.54) is 0 Å². The summed E-state index contributed by atoms with van der Waals surface area (Å²) >= 11 is 0. The van der Waals surface area contributed by atoms with E-state index in [2.05, 4.69) is 15.8 Å². The second kappa shape index (κ2) is 2.46. The lowest BCUT2D eigenvalue weighted by Crippen LogP contribution is -2.13. The summed E-state index contributed by atoms with van der Waals surface area (Å²) < 4.78 is 0. The first-order valence-electron chi connectivity index (χ1n) is 3.56. The van der Waals surface area contributed by atoms with Crippen molar-refractivity contribution < 1.29 is 4.79 Å². The molecule has 1 amide bonds. The van der Waals surface area contributed by atoms with Crippen LogP contribution in [-0.2, 0) is 6.54 Å². The van der Waals surface area contributed by atoms with E-state index in [1.807, 2.05) is 0 Å². The third kappa shape index (κ3) is 0.998. The van der Waals surface area contributed by atoms with Crippen molar-refractivity contribution in [3.8, 4) is 0 Å². The minimum absolute atomic E-state index is 0.305. The largest absolute Gasteiger partial charge is 0.364 e. The molecule has 1 aromatic heterocycles. The van der Waals surface area contributed by atoms with Gasteiger partial charge in [0.2, 0.25) is 0 Å². The Kier molecular flexibility index (Phi) is 1.44. The molecular formula is C7H8N4O. The lowest BCUT2D eigenvalue weighted by molar-refractivity contribution is 0.0995. The van der Waals surface area contributed by atoms with Gasteiger partial charge in [0, 0.05) is 0 Å². The smallest absolute Gasteiger partial charge is 0.267 e. The fourth-order valence-corrected chi connectivity index (χ4v) is 1.11. The van der Waals surface area contributed by atoms with Gasteiger partial charge in [0.1, 0.15) is 5.69 Å². The van der Waals surface area contributed by atoms with E-state index in [4.69, 9.17) is 5.73 Å². The average Bonchev–Trinajstić information content (AvgIpc) is 2.49. The van der Waals surface area contributed by atoms with Gasteiger partial charge in [-0.3, -0.25) is 4.79 Å². The molecule has 0 atom stereocenters. The number of nitrogens with two attached hydrogens (primary N) is 1. The molecule has 62 valence electrons. The zero-order valence-electron chi connectivity index (χ0n) is 6.29. The number of pyridine rings is 1. The highest BCUT2D eigenvalue weighted by molar-refractivity contribution is 5.91. The maximum atomic E-state index is 10.7. The van der Waals surface area contributed by atoms with Gasteiger partial charge in [0.05, 0.1) is 17.9 Å². The Morgan fingerprint density at radius 3 is 3.17 bits per heavy atom. The van der Waals surface area contributed by atoms with Gasteiger partial charge in [-0.05, 0) is 12.1 Å². The predicted octanol–water partition coefficient (Wildman–Crippen LogP) is -0.389. The fraction of sp³-hybridized carbons (Fsp3) is 0.143. The molecule has 1 aromatic rings. The van der Waals surface area contributed by atoms with Crippen LogP contribution in [0.4, 0.5) is 5.69 Å². The first-order valence-corrected chi connectivity index (χ1v) is 3.56. The standard InChI is InChI=1S/C7H8N4O/c8-7(12)5-2-1-4-6(10-5)3-9-11-4/h1-2,9,11H,3H2,(H2,8,12). The lowest BCUT2D eigenvalue weighted by Gasteiger charge is -1.98. The number of fused-ring (bicyclic) bond motifs is 1. The molecule has 5 heteroatoms. The van der Waals surface area contributed by atoms with Crippen molar-refractivity contribution in [3.63, 3.8) is 0 Å². The van der Waals surface area contributed by atoms with Crippen molar-refractivity contribution in [2.45, 2.75) is 6.54 Å². The number of anilines is 1. The summed E-state index contributed by atoms with van der Waals surface area (Å²) in [5.41, 5.74) is 12.9. The zero-order chi connectivity index (χ0) is 8.55. The molecular weight excluding hydrogens is 156 g/mol. The van der Waals surface area contributed by atoms with Crippen LogP contribution < -0.4 is 16.6 Å². The third-order valence-electron chi connectivity index (χ3n) is 1.71. The average molecular weight is 164 g/mol. The number of primary amides is 1. The van der Waals surface area contributed by atoms with Gasteiger partial charge in [0.25, 0.3) is 5.91 Å². The Bertz CT molecular complexity index is 336. The molecule has 0 aromatic carbocycles. The monoisotopic (exact) mass is 164 g/mol. The van der Waals surface area contributed by atoms with Crippen LogP contribution in [0.25, 0.3) is 0 Å². The predicted molar refractivity (Wildman–Crippen MR) is 43.2 cm³/mol. The van der Waals surface area contributed by atoms with E-state index in [0.29, 0.717) is 12.2 Å². The van der Waals surface area contributed by atoms with Crippen LogP contribution in [0.3, 0.4) is 0 Å². The summed E-state index contributed by atoms with van der Waals surface area (Å²) in [6.45, 7) is 0.621. The van der Waals surface area contributed by atoms with Gasteiger partial charge in [-0.2, -0.15) is 0 Å². The molecule has 2 heterocycles. The number of aromatic nitrogens is 1. The van der Waals surface area contributed by atoms with Crippen LogP contribution in [0.15, 0.2) is 12.1 Å². The van der Waals surface area contributed by atoms with E-state index in [0.717, 1.165) is 11.4 Å². The molecule has 0 saturated carbocycles. The highest BCUT2D eigenvalue weighted by Gasteiger charge is 2.12. The Labute approximate surface area is 68.9 Å². The maximum Gasteiger partial charge on any atom is 0.267 e. The van der Waals surface area contributed by atoms with E-state index < -0.39 is 5.91 Å². The first kappa shape index (κ1) is 7.05. The first-order chi connectivity index (χ1) is 5.77. The van der Waals surface area contributed by atoms with Crippen LogP contribution in [0.1, 0.15) is 16.2 Å². The lowest BCUT2D eigenvalue weighted by atomic mass is 10.2. The van der Waals surface area contributed by atoms with E-state index in [1.54, 1.807) is 12.1 Å². The summed E-state index contributed by atoms with van der Waals surface area (Å²) in [6.07, 6.45) is 0. The van der Waals surface area contributed by atoms with Crippen LogP contribution in [0.5, 0.6) is 0 Å². The number of carbonyl (C=O) groups is 1. The van der Waals surface area contributed by atoms with Crippen molar-refractivity contribution in [3.05, 3.63) is 23.5 Å². The van der Waals surface area contributed by atoms with Gasteiger partial charge < -0.3 is 11.2 Å². The Balaban J connectivity index is 2.45. The van der Waals surface area contributed by atoms with E-state index in [-0.39, 0.29) is 0 Å². The molecule has 0 bridgehead atoms. The molecule has 0 fully saturated rings. The molecule has 0 radical (unpaired) electrons. The number of hydrogen-bond acceptors (Lipinski definition) is 4. The number of nitrogens with zero attached hydrogens (tertiary/aromatic N) is 1. The number of rotatable bonds is 1. The van der Waals surface area contributed by atoms with Crippen LogP contribution in [0, 0.1) is 0 Å². The highest BCUT2D eigenvalue weighted by Crippen LogP contribution is 2.16. The van der Waals surface area contributed by atoms with Crippen molar-refractivity contribution in [1.29, 1.82) is 0 Å². The SMILES string of the molecule is NC(=O)c1ccc2c(n1)CNN2. The molecule has 0 unspecified atom stereocenters. The van der Waals surface area contributed by atoms with Crippen LogP contribution >= 0.6 is 0 Å². The summed E-state index contributed by atoms with van der Waals surface area (Å²) in [5, 5.41) is 0. The molecule has 4 N–H and O–H groups in total. The van der Waals surface area contributed by atoms with Crippen LogP contribution in [0.2, 0.25) is 0 Å². The van der Waals surface area contributed by atoms with Crippen molar-refractivity contribution in [2.24, 2.45) is 5.73 Å². The third-order valence-corrected chi connectivity index (χ3v) is 1.71. The summed E-state index contributed by atoms with van der Waals surface area (Å²) in [5.74, 6) is -0.496. The van der Waals surface area contributed by atoms with E-state index in [9.17, 15) is 4.79 Å². The molecule has 0 aliphatic carbocycles. The number of hydrazine groups is 1. The van der Waals surface area contributed by atoms with E-state index >= 15 is 0 Å². The van der Waals surface area contributed by atoms with Gasteiger partial charge in [-0.1, -0.05) is 0 Å². The number of nitrogens with one attached hydrogen (secondary N) is 2. The summed E-state index contributed by atoms with van der Waals surface area (Å²) in [6, 6.07) is 3.38. The second-order valence-corrected chi connectivity index (χ2v) is 2.53. The molecule has 1 aliphatic heterocycles. The Morgan fingerprint density at radius 1 is 1.58 bits per heavy atom. The highest BCUT2D eigenvalue weighted by atomic mass is 16.1. The molecule has 1 aliphatic rings. The van der Waals surface area contributed by atoms with Gasteiger partial charge in [-0.25, -0.2) is 10.4 Å². The van der Waals surface area contributed by atoms with Crippen molar-refractivity contribution in [2.75, 3.05) is 5.43 Å². The normalized spacial score (nSPS) is 13.7. The number of hydrogen-bond donors (Lipinski definition) is 3. The molecule has 0 spiro atoms. The summed E-state index contributed by atoms with van der Waals surface area (Å²) in [4.78, 5) is 14.8. The second-order valence-electron chi connectivity index (χ2n) is 2.53. The zero-order valence-corrected chi connectivity index (χ0v) is 6.29. The Morgan fingerprint density at radius 2 is 2.42 bits per heavy atom. The van der Waals surface area contributed by atoms with Crippen molar-refractivity contribution in [1.82, 2.24) is 10.4 Å². The molecule has 12 heavy (non-hydrogen) atoms. The van der Waals surface area contributed by atoms with Gasteiger partial charge >= 0.3 is 0 Å². The minimum Gasteiger partial charge on any atom is -0.364 e. The number of amides is 1. The topological polar surface area (TPSA) is 80.0 Å². The Hall–Kier alpha value is -1.62. The minimum atomic E-state index is -0.496. The molecule has 0 saturated heterocycles. The fourth-order valence-electron chi connectivity index (χ4n) is 1.11. The molecule has 5 nitrogen and oxygen atoms in total. The molecule has 2 rings (SSSR count). The van der Waals surface area contributed by atoms with Crippen LogP contribution in [-0.4, -0.2) is 10.9 Å². The quantitative estimate of drug-likeness (QED) is 0.528. The summed E-state index contributed by atoms with van der Waals surface area (Å²) in [7, 11) is 0. The number of carbonyl (C=O) groups excluding carboxylic acids is 1. The van der Waals surface area contributed by atoms with Gasteiger partial charge in [0.15, 0.2) is 0 Å².